The van der Waals surface area contributed by atoms with E-state index in [0.717, 1.165) is 6.42 Å². The predicted molar refractivity (Wildman–Crippen MR) is 109 cm³/mol. The molecule has 0 amide bonds. The van der Waals surface area contributed by atoms with E-state index in [4.69, 9.17) is 5.11 Å². The zero-order valence-electron chi connectivity index (χ0n) is 17.0. The molecule has 1 aromatic heterocycles. The summed E-state index contributed by atoms with van der Waals surface area (Å²) in [6.07, 6.45) is -3.62. The SMILES string of the molecule is CC1CCN1c1nc(N2C[C@@H]3C(CC(=O)O)[C@@H]3C2)c(-c2ccccc2)c(C(F)(F)F)n1. The molecule has 3 heterocycles. The van der Waals surface area contributed by atoms with Gasteiger partial charge in [0.1, 0.15) is 5.82 Å². The van der Waals surface area contributed by atoms with Gasteiger partial charge in [-0.15, -0.1) is 0 Å². The summed E-state index contributed by atoms with van der Waals surface area (Å²) in [4.78, 5) is 23.4. The first kappa shape index (κ1) is 20.1. The number of carboxylic acid groups (broad SMARTS) is 1. The van der Waals surface area contributed by atoms with Gasteiger partial charge in [-0.05, 0) is 36.7 Å². The average Bonchev–Trinajstić information content (AvgIpc) is 3.13. The Morgan fingerprint density at radius 2 is 1.84 bits per heavy atom. The minimum Gasteiger partial charge on any atom is -0.481 e. The molecule has 2 saturated heterocycles. The normalized spacial score (nSPS) is 27.1. The van der Waals surface area contributed by atoms with Gasteiger partial charge in [-0.25, -0.2) is 4.98 Å². The van der Waals surface area contributed by atoms with Gasteiger partial charge >= 0.3 is 12.1 Å². The van der Waals surface area contributed by atoms with E-state index in [0.29, 0.717) is 31.0 Å². The van der Waals surface area contributed by atoms with Crippen molar-refractivity contribution in [3.8, 4) is 11.1 Å². The summed E-state index contributed by atoms with van der Waals surface area (Å²) < 4.78 is 42.5. The molecule has 0 radical (unpaired) electrons. The van der Waals surface area contributed by atoms with Crippen molar-refractivity contribution in [2.75, 3.05) is 29.4 Å². The number of rotatable bonds is 5. The maximum Gasteiger partial charge on any atom is 0.434 e. The Kier molecular flexibility index (Phi) is 4.60. The summed E-state index contributed by atoms with van der Waals surface area (Å²) in [5.74, 6) is 0.0669. The molecule has 9 heteroatoms. The molecule has 4 atom stereocenters. The summed E-state index contributed by atoms with van der Waals surface area (Å²) in [6.45, 7) is 3.62. The quantitative estimate of drug-likeness (QED) is 0.773. The number of benzene rings is 1. The molecule has 0 bridgehead atoms. The molecule has 2 unspecified atom stereocenters. The van der Waals surface area contributed by atoms with Gasteiger partial charge in [0, 0.05) is 32.1 Å². The fourth-order valence-electron chi connectivity index (χ4n) is 5.01. The molecule has 1 aromatic carbocycles. The molecular formula is C22H23F3N4O2. The number of aliphatic carboxylic acids is 1. The summed E-state index contributed by atoms with van der Waals surface area (Å²) in [7, 11) is 0. The van der Waals surface area contributed by atoms with Crippen LogP contribution in [0.2, 0.25) is 0 Å². The molecule has 3 aliphatic rings. The van der Waals surface area contributed by atoms with Gasteiger partial charge in [-0.1, -0.05) is 30.3 Å². The summed E-state index contributed by atoms with van der Waals surface area (Å²) in [5, 5.41) is 9.07. The Bertz CT molecular complexity index is 1000. The largest absolute Gasteiger partial charge is 0.481 e. The molecular weight excluding hydrogens is 409 g/mol. The number of anilines is 2. The standard InChI is InChI=1S/C22H23F3N4O2/c1-12-7-8-29(12)21-26-19(22(23,24)25)18(13-5-3-2-4-6-13)20(27-21)28-10-15-14(9-17(30)31)16(15)11-28/h2-6,12,14-16H,7-11H2,1H3,(H,30,31)/t12?,14?,15-,16+. The van der Waals surface area contributed by atoms with Crippen LogP contribution in [-0.2, 0) is 11.0 Å². The van der Waals surface area contributed by atoms with Gasteiger partial charge in [0.05, 0.1) is 5.56 Å². The Balaban J connectivity index is 1.59. The van der Waals surface area contributed by atoms with Crippen LogP contribution in [-0.4, -0.2) is 46.7 Å². The molecule has 1 aliphatic carbocycles. The molecule has 5 rings (SSSR count). The minimum atomic E-state index is -4.62. The summed E-state index contributed by atoms with van der Waals surface area (Å²) >= 11 is 0. The van der Waals surface area contributed by atoms with E-state index in [1.165, 1.54) is 0 Å². The average molecular weight is 432 g/mol. The van der Waals surface area contributed by atoms with E-state index < -0.39 is 17.8 Å². The van der Waals surface area contributed by atoms with Crippen molar-refractivity contribution in [2.45, 2.75) is 32.0 Å². The number of hydrogen-bond acceptors (Lipinski definition) is 5. The smallest absolute Gasteiger partial charge is 0.434 e. The number of carboxylic acids is 1. The van der Waals surface area contributed by atoms with E-state index in [9.17, 15) is 18.0 Å². The van der Waals surface area contributed by atoms with Gasteiger partial charge < -0.3 is 14.9 Å². The fraction of sp³-hybridized carbons (Fsp3) is 0.500. The molecule has 3 fully saturated rings. The van der Waals surface area contributed by atoms with Crippen LogP contribution in [0.4, 0.5) is 24.9 Å². The second-order valence-electron chi connectivity index (χ2n) is 8.76. The second-order valence-corrected chi connectivity index (χ2v) is 8.76. The van der Waals surface area contributed by atoms with Gasteiger partial charge in [-0.2, -0.15) is 18.2 Å². The molecule has 2 aromatic rings. The molecule has 1 N–H and O–H groups in total. The Morgan fingerprint density at radius 3 is 2.35 bits per heavy atom. The van der Waals surface area contributed by atoms with Gasteiger partial charge in [0.15, 0.2) is 5.69 Å². The van der Waals surface area contributed by atoms with Crippen molar-refractivity contribution in [3.63, 3.8) is 0 Å². The van der Waals surface area contributed by atoms with Crippen molar-refractivity contribution in [3.05, 3.63) is 36.0 Å². The lowest BCUT2D eigenvalue weighted by molar-refractivity contribution is -0.140. The summed E-state index contributed by atoms with van der Waals surface area (Å²) in [6, 6.07) is 8.56. The number of carbonyl (C=O) groups is 1. The van der Waals surface area contributed by atoms with Crippen LogP contribution in [0.3, 0.4) is 0 Å². The number of nitrogens with zero attached hydrogens (tertiary/aromatic N) is 4. The third kappa shape index (κ3) is 3.49. The van der Waals surface area contributed by atoms with Crippen LogP contribution < -0.4 is 9.80 Å². The first-order valence-corrected chi connectivity index (χ1v) is 10.5. The van der Waals surface area contributed by atoms with E-state index in [1.807, 2.05) is 11.8 Å². The zero-order chi connectivity index (χ0) is 21.9. The third-order valence-electron chi connectivity index (χ3n) is 6.87. The molecule has 31 heavy (non-hydrogen) atoms. The predicted octanol–water partition coefficient (Wildman–Crippen LogP) is 3.92. The lowest BCUT2D eigenvalue weighted by atomic mass is 10.0. The van der Waals surface area contributed by atoms with Crippen molar-refractivity contribution >= 4 is 17.7 Å². The highest BCUT2D eigenvalue weighted by atomic mass is 19.4. The third-order valence-corrected chi connectivity index (χ3v) is 6.87. The van der Waals surface area contributed by atoms with Crippen molar-refractivity contribution in [1.29, 1.82) is 0 Å². The highest BCUT2D eigenvalue weighted by molar-refractivity contribution is 5.80. The van der Waals surface area contributed by atoms with Crippen LogP contribution in [0.15, 0.2) is 30.3 Å². The lowest BCUT2D eigenvalue weighted by Gasteiger charge is -2.39. The van der Waals surface area contributed by atoms with Crippen LogP contribution >= 0.6 is 0 Å². The Hall–Kier alpha value is -2.84. The van der Waals surface area contributed by atoms with E-state index >= 15 is 0 Å². The number of aromatic nitrogens is 2. The number of halogens is 3. The summed E-state index contributed by atoms with van der Waals surface area (Å²) in [5.41, 5.74) is -0.489. The van der Waals surface area contributed by atoms with E-state index in [1.54, 1.807) is 35.2 Å². The Morgan fingerprint density at radius 1 is 1.16 bits per heavy atom. The maximum atomic E-state index is 14.2. The lowest BCUT2D eigenvalue weighted by Crippen LogP contribution is -2.47. The van der Waals surface area contributed by atoms with Gasteiger partial charge in [0.25, 0.3) is 0 Å². The zero-order valence-corrected chi connectivity index (χ0v) is 17.0. The number of fused-ring (bicyclic) bond motifs is 1. The first-order chi connectivity index (χ1) is 14.7. The van der Waals surface area contributed by atoms with Crippen LogP contribution in [0.5, 0.6) is 0 Å². The molecule has 6 nitrogen and oxygen atoms in total. The highest BCUT2D eigenvalue weighted by Gasteiger charge is 2.57. The van der Waals surface area contributed by atoms with Crippen molar-refractivity contribution in [2.24, 2.45) is 17.8 Å². The topological polar surface area (TPSA) is 69.6 Å². The van der Waals surface area contributed by atoms with Crippen molar-refractivity contribution < 1.29 is 23.1 Å². The maximum absolute atomic E-state index is 14.2. The molecule has 2 aliphatic heterocycles. The number of hydrogen-bond donors (Lipinski definition) is 1. The number of alkyl halides is 3. The number of piperidine rings is 1. The fourth-order valence-corrected chi connectivity index (χ4v) is 5.01. The van der Waals surface area contributed by atoms with Crippen LogP contribution in [0.25, 0.3) is 11.1 Å². The van der Waals surface area contributed by atoms with Gasteiger partial charge in [-0.3, -0.25) is 4.79 Å². The van der Waals surface area contributed by atoms with E-state index in [-0.39, 0.29) is 41.7 Å². The van der Waals surface area contributed by atoms with Crippen LogP contribution in [0, 0.1) is 17.8 Å². The Labute approximate surface area is 177 Å². The molecule has 164 valence electrons. The van der Waals surface area contributed by atoms with Crippen LogP contribution in [0.1, 0.15) is 25.5 Å². The first-order valence-electron chi connectivity index (χ1n) is 10.5. The molecule has 1 saturated carbocycles. The van der Waals surface area contributed by atoms with Crippen molar-refractivity contribution in [1.82, 2.24) is 9.97 Å². The monoisotopic (exact) mass is 432 g/mol. The van der Waals surface area contributed by atoms with E-state index in [2.05, 4.69) is 9.97 Å². The van der Waals surface area contributed by atoms with Gasteiger partial charge in [0.2, 0.25) is 5.95 Å². The highest BCUT2D eigenvalue weighted by Crippen LogP contribution is 2.55. The second kappa shape index (κ2) is 7.10. The molecule has 0 spiro atoms. The minimum absolute atomic E-state index is 0.00103.